The van der Waals surface area contributed by atoms with Gasteiger partial charge in [0, 0.05) is 11.3 Å². The summed E-state index contributed by atoms with van der Waals surface area (Å²) in [4.78, 5) is 12.7. The van der Waals surface area contributed by atoms with E-state index in [9.17, 15) is 4.79 Å². The summed E-state index contributed by atoms with van der Waals surface area (Å²) in [6, 6.07) is 24.4. The fraction of sp³-hybridized carbons (Fsp3) is 0.0952. The number of anilines is 1. The Morgan fingerprint density at radius 2 is 1.56 bits per heavy atom. The van der Waals surface area contributed by atoms with Crippen LogP contribution in [0.1, 0.15) is 10.4 Å². The lowest BCUT2D eigenvalue weighted by atomic mass is 9.99. The second-order valence-corrected chi connectivity index (χ2v) is 5.46. The van der Waals surface area contributed by atoms with Crippen molar-refractivity contribution in [3.05, 3.63) is 84.4 Å². The van der Waals surface area contributed by atoms with Crippen molar-refractivity contribution < 1.29 is 14.6 Å². The van der Waals surface area contributed by atoms with E-state index in [0.29, 0.717) is 17.0 Å². The van der Waals surface area contributed by atoms with Crippen LogP contribution < -0.4 is 10.1 Å². The van der Waals surface area contributed by atoms with Crippen LogP contribution in [-0.2, 0) is 0 Å². The number of carbonyl (C=O) groups excluding carboxylic acids is 1. The van der Waals surface area contributed by atoms with Crippen molar-refractivity contribution in [1.82, 2.24) is 0 Å². The first-order valence-electron chi connectivity index (χ1n) is 8.07. The molecule has 0 atom stereocenters. The van der Waals surface area contributed by atoms with Crippen molar-refractivity contribution in [3.63, 3.8) is 0 Å². The van der Waals surface area contributed by atoms with E-state index < -0.39 is 0 Å². The Labute approximate surface area is 146 Å². The summed E-state index contributed by atoms with van der Waals surface area (Å²) >= 11 is 0. The molecule has 1 amide bonds. The van der Waals surface area contributed by atoms with E-state index in [1.807, 2.05) is 54.6 Å². The molecule has 0 saturated carbocycles. The summed E-state index contributed by atoms with van der Waals surface area (Å²) in [6.07, 6.45) is 0. The number of carbonyl (C=O) groups is 1. The molecule has 0 bridgehead atoms. The Hall–Kier alpha value is -3.11. The topological polar surface area (TPSA) is 58.6 Å². The molecule has 0 unspecified atom stereocenters. The molecule has 0 spiro atoms. The highest BCUT2D eigenvalue weighted by molar-refractivity contribution is 6.08. The molecule has 4 nitrogen and oxygen atoms in total. The van der Waals surface area contributed by atoms with Gasteiger partial charge in [-0.2, -0.15) is 0 Å². The third-order valence-corrected chi connectivity index (χ3v) is 3.73. The number of aliphatic hydroxyl groups excluding tert-OH is 1. The van der Waals surface area contributed by atoms with E-state index >= 15 is 0 Å². The first-order chi connectivity index (χ1) is 12.3. The molecule has 0 heterocycles. The quantitative estimate of drug-likeness (QED) is 0.717. The zero-order valence-corrected chi connectivity index (χ0v) is 13.7. The van der Waals surface area contributed by atoms with Crippen molar-refractivity contribution >= 4 is 11.6 Å². The monoisotopic (exact) mass is 333 g/mol. The molecule has 0 aromatic heterocycles. The SMILES string of the molecule is O=C(Nc1ccc(OCCO)cc1)c1ccccc1-c1ccccc1. The van der Waals surface area contributed by atoms with Gasteiger partial charge in [-0.1, -0.05) is 48.5 Å². The number of benzene rings is 3. The van der Waals surface area contributed by atoms with E-state index in [1.165, 1.54) is 0 Å². The Morgan fingerprint density at radius 1 is 0.880 bits per heavy atom. The maximum atomic E-state index is 12.7. The van der Waals surface area contributed by atoms with Gasteiger partial charge < -0.3 is 15.2 Å². The van der Waals surface area contributed by atoms with Gasteiger partial charge >= 0.3 is 0 Å². The van der Waals surface area contributed by atoms with Crippen molar-refractivity contribution in [3.8, 4) is 16.9 Å². The van der Waals surface area contributed by atoms with E-state index in [1.54, 1.807) is 24.3 Å². The second-order valence-electron chi connectivity index (χ2n) is 5.46. The number of amides is 1. The number of nitrogens with one attached hydrogen (secondary N) is 1. The summed E-state index contributed by atoms with van der Waals surface area (Å²) in [5.41, 5.74) is 3.20. The smallest absolute Gasteiger partial charge is 0.256 e. The fourth-order valence-electron chi connectivity index (χ4n) is 2.55. The molecule has 2 N–H and O–H groups in total. The van der Waals surface area contributed by atoms with Gasteiger partial charge in [0.25, 0.3) is 5.91 Å². The average Bonchev–Trinajstić information content (AvgIpc) is 2.68. The Kier molecular flexibility index (Phi) is 5.44. The second kappa shape index (κ2) is 8.13. The molecular formula is C21H19NO3. The zero-order valence-electron chi connectivity index (χ0n) is 13.7. The van der Waals surface area contributed by atoms with Gasteiger partial charge in [-0.15, -0.1) is 0 Å². The molecule has 3 rings (SSSR count). The summed E-state index contributed by atoms with van der Waals surface area (Å²) < 4.78 is 5.31. The lowest BCUT2D eigenvalue weighted by molar-refractivity contribution is 0.102. The van der Waals surface area contributed by atoms with Crippen LogP contribution >= 0.6 is 0 Å². The number of hydrogen-bond acceptors (Lipinski definition) is 3. The maximum Gasteiger partial charge on any atom is 0.256 e. The van der Waals surface area contributed by atoms with Crippen LogP contribution in [0.15, 0.2) is 78.9 Å². The van der Waals surface area contributed by atoms with Gasteiger partial charge in [0.05, 0.1) is 6.61 Å². The van der Waals surface area contributed by atoms with Crippen LogP contribution in [0, 0.1) is 0 Å². The van der Waals surface area contributed by atoms with Gasteiger partial charge in [0.15, 0.2) is 0 Å². The molecular weight excluding hydrogens is 314 g/mol. The molecule has 25 heavy (non-hydrogen) atoms. The number of hydrogen-bond donors (Lipinski definition) is 2. The lowest BCUT2D eigenvalue weighted by Crippen LogP contribution is -2.13. The normalized spacial score (nSPS) is 10.3. The standard InChI is InChI=1S/C21H19NO3/c23-14-15-25-18-12-10-17(11-13-18)22-21(24)20-9-5-4-8-19(20)16-6-2-1-3-7-16/h1-13,23H,14-15H2,(H,22,24). The van der Waals surface area contributed by atoms with Gasteiger partial charge in [0.1, 0.15) is 12.4 Å². The van der Waals surface area contributed by atoms with Crippen molar-refractivity contribution in [2.75, 3.05) is 18.5 Å². The molecule has 3 aromatic carbocycles. The van der Waals surface area contributed by atoms with Gasteiger partial charge in [-0.05, 0) is 41.5 Å². The van der Waals surface area contributed by atoms with E-state index in [4.69, 9.17) is 9.84 Å². The number of rotatable bonds is 6. The highest BCUT2D eigenvalue weighted by Gasteiger charge is 2.12. The highest BCUT2D eigenvalue weighted by atomic mass is 16.5. The largest absolute Gasteiger partial charge is 0.491 e. The Morgan fingerprint density at radius 3 is 2.28 bits per heavy atom. The summed E-state index contributed by atoms with van der Waals surface area (Å²) in [5.74, 6) is 0.486. The summed E-state index contributed by atoms with van der Waals surface area (Å²) in [6.45, 7) is 0.213. The van der Waals surface area contributed by atoms with Crippen molar-refractivity contribution in [2.45, 2.75) is 0 Å². The van der Waals surface area contributed by atoms with Crippen LogP contribution in [0.4, 0.5) is 5.69 Å². The van der Waals surface area contributed by atoms with Crippen molar-refractivity contribution in [1.29, 1.82) is 0 Å². The molecule has 0 aliphatic heterocycles. The first-order valence-corrected chi connectivity index (χ1v) is 8.07. The van der Waals surface area contributed by atoms with Gasteiger partial charge in [0.2, 0.25) is 0 Å². The third-order valence-electron chi connectivity index (χ3n) is 3.73. The molecule has 3 aromatic rings. The van der Waals surface area contributed by atoms with Gasteiger partial charge in [-0.3, -0.25) is 4.79 Å². The van der Waals surface area contributed by atoms with E-state index in [0.717, 1.165) is 11.1 Å². The molecule has 4 heteroatoms. The lowest BCUT2D eigenvalue weighted by Gasteiger charge is -2.11. The average molecular weight is 333 g/mol. The minimum atomic E-state index is -0.163. The highest BCUT2D eigenvalue weighted by Crippen LogP contribution is 2.24. The first kappa shape index (κ1) is 16.7. The van der Waals surface area contributed by atoms with Crippen LogP contribution in [0.2, 0.25) is 0 Å². The van der Waals surface area contributed by atoms with Crippen molar-refractivity contribution in [2.24, 2.45) is 0 Å². The molecule has 0 aliphatic rings. The predicted octanol–water partition coefficient (Wildman–Crippen LogP) is 3.98. The van der Waals surface area contributed by atoms with E-state index in [-0.39, 0.29) is 19.1 Å². The number of aliphatic hydroxyl groups is 1. The molecule has 0 radical (unpaired) electrons. The minimum Gasteiger partial charge on any atom is -0.491 e. The molecule has 0 fully saturated rings. The Balaban J connectivity index is 1.78. The van der Waals surface area contributed by atoms with Crippen LogP contribution in [0.25, 0.3) is 11.1 Å². The molecule has 126 valence electrons. The Bertz CT molecular complexity index is 829. The fourth-order valence-corrected chi connectivity index (χ4v) is 2.55. The molecule has 0 saturated heterocycles. The predicted molar refractivity (Wildman–Crippen MR) is 98.9 cm³/mol. The minimum absolute atomic E-state index is 0.0330. The van der Waals surface area contributed by atoms with Crippen LogP contribution in [-0.4, -0.2) is 24.2 Å². The van der Waals surface area contributed by atoms with E-state index in [2.05, 4.69) is 5.32 Å². The molecule has 0 aliphatic carbocycles. The summed E-state index contributed by atoms with van der Waals surface area (Å²) in [7, 11) is 0. The van der Waals surface area contributed by atoms with Crippen LogP contribution in [0.3, 0.4) is 0 Å². The van der Waals surface area contributed by atoms with Crippen LogP contribution in [0.5, 0.6) is 5.75 Å². The van der Waals surface area contributed by atoms with Gasteiger partial charge in [-0.25, -0.2) is 0 Å². The zero-order chi connectivity index (χ0) is 17.5. The third kappa shape index (κ3) is 4.25. The maximum absolute atomic E-state index is 12.7. The summed E-state index contributed by atoms with van der Waals surface area (Å²) in [5, 5.41) is 11.7. The number of ether oxygens (including phenoxy) is 1.